The third kappa shape index (κ3) is 3.80. The van der Waals surface area contributed by atoms with Gasteiger partial charge in [0.05, 0.1) is 64.2 Å². The average Bonchev–Trinajstić information content (AvgIpc) is 3.29. The number of fused-ring (bicyclic) bond motifs is 3. The minimum absolute atomic E-state index is 0.0837. The van der Waals surface area contributed by atoms with Crippen LogP contribution in [0.1, 0.15) is 34.6 Å². The summed E-state index contributed by atoms with van der Waals surface area (Å²) in [6.07, 6.45) is -0.911. The molecule has 0 spiro atoms. The van der Waals surface area contributed by atoms with E-state index in [2.05, 4.69) is 15.0 Å². The summed E-state index contributed by atoms with van der Waals surface area (Å²) in [6, 6.07) is 4.68. The molecule has 1 fully saturated rings. The van der Waals surface area contributed by atoms with E-state index in [4.69, 9.17) is 22.1 Å². The fourth-order valence-corrected chi connectivity index (χ4v) is 4.30. The smallest absolute Gasteiger partial charge is 0.382 e. The molecule has 1 amide bonds. The molecule has 0 saturated carbocycles. The highest BCUT2D eigenvalue weighted by Crippen LogP contribution is 2.33. The number of nitrogens with zero attached hydrogens (tertiary/aromatic N) is 5. The highest BCUT2D eigenvalue weighted by atomic mass is 35.5. The Morgan fingerprint density at radius 2 is 2.03 bits per heavy atom. The van der Waals surface area contributed by atoms with Crippen molar-refractivity contribution in [1.29, 1.82) is 0 Å². The number of benzene rings is 1. The molecule has 2 N–H and O–H groups in total. The van der Waals surface area contributed by atoms with Crippen LogP contribution < -0.4 is 5.73 Å². The van der Waals surface area contributed by atoms with E-state index in [-0.39, 0.29) is 41.4 Å². The van der Waals surface area contributed by atoms with Gasteiger partial charge in [0, 0.05) is 12.7 Å². The number of carbonyl (C=O) groups excluding carboxylic acids is 1. The second-order valence-electron chi connectivity index (χ2n) is 8.05. The third-order valence-electron chi connectivity index (χ3n) is 5.78. The quantitative estimate of drug-likeness (QED) is 0.453. The molecule has 4 aromatic rings. The summed E-state index contributed by atoms with van der Waals surface area (Å²) in [5.74, 6) is -0.130. The van der Waals surface area contributed by atoms with Crippen molar-refractivity contribution in [2.24, 2.45) is 0 Å². The lowest BCUT2D eigenvalue weighted by molar-refractivity contribution is -0.137. The maximum Gasteiger partial charge on any atom is 0.417 e. The van der Waals surface area contributed by atoms with Crippen molar-refractivity contribution in [3.63, 3.8) is 0 Å². The summed E-state index contributed by atoms with van der Waals surface area (Å²) in [6.45, 7) is 2.10. The van der Waals surface area contributed by atoms with E-state index in [1.54, 1.807) is 36.0 Å². The Kier molecular flexibility index (Phi) is 5.33. The van der Waals surface area contributed by atoms with Crippen LogP contribution in [0.2, 0.25) is 5.02 Å². The van der Waals surface area contributed by atoms with Crippen LogP contribution in [-0.2, 0) is 10.9 Å². The average molecular weight is 491 g/mol. The van der Waals surface area contributed by atoms with E-state index >= 15 is 0 Å². The number of hydrogen-bond donors (Lipinski definition) is 1. The maximum absolute atomic E-state index is 13.7. The Balaban J connectivity index is 1.56. The number of pyridine rings is 1. The minimum atomic E-state index is -4.51. The molecule has 176 valence electrons. The number of nitrogens with two attached hydrogens (primary N) is 1. The molecule has 0 radical (unpaired) electrons. The van der Waals surface area contributed by atoms with Crippen molar-refractivity contribution < 1.29 is 22.7 Å². The molecule has 3 aromatic heterocycles. The first kappa shape index (κ1) is 22.4. The first-order valence-electron chi connectivity index (χ1n) is 10.3. The monoisotopic (exact) mass is 490 g/mol. The zero-order chi connectivity index (χ0) is 24.2. The molecular weight excluding hydrogens is 473 g/mol. The van der Waals surface area contributed by atoms with E-state index < -0.39 is 23.7 Å². The molecule has 0 aliphatic carbocycles. The van der Waals surface area contributed by atoms with Crippen LogP contribution in [0, 0.1) is 0 Å². The van der Waals surface area contributed by atoms with Gasteiger partial charge in [0.25, 0.3) is 5.91 Å². The molecule has 0 bridgehead atoms. The highest BCUT2D eigenvalue weighted by molar-refractivity contribution is 6.34. The van der Waals surface area contributed by atoms with Crippen LogP contribution in [0.4, 0.5) is 19.0 Å². The van der Waals surface area contributed by atoms with Crippen LogP contribution >= 0.6 is 11.6 Å². The number of hydrogen-bond acceptors (Lipinski definition) is 6. The Morgan fingerprint density at radius 3 is 2.74 bits per heavy atom. The molecule has 8 nitrogen and oxygen atoms in total. The largest absolute Gasteiger partial charge is 0.417 e. The van der Waals surface area contributed by atoms with Crippen molar-refractivity contribution in [3.8, 4) is 0 Å². The van der Waals surface area contributed by atoms with Gasteiger partial charge in [0.1, 0.15) is 11.3 Å². The molecule has 1 aliphatic heterocycles. The van der Waals surface area contributed by atoms with Crippen molar-refractivity contribution in [1.82, 2.24) is 24.3 Å². The first-order valence-corrected chi connectivity index (χ1v) is 10.7. The zero-order valence-corrected chi connectivity index (χ0v) is 18.5. The van der Waals surface area contributed by atoms with Gasteiger partial charge in [-0.15, -0.1) is 0 Å². The van der Waals surface area contributed by atoms with Gasteiger partial charge in [-0.1, -0.05) is 11.6 Å². The van der Waals surface area contributed by atoms with Crippen molar-refractivity contribution in [3.05, 3.63) is 64.8 Å². The number of anilines is 1. The summed E-state index contributed by atoms with van der Waals surface area (Å²) < 4.78 is 46.3. The normalized spacial score (nSPS) is 19.1. The summed E-state index contributed by atoms with van der Waals surface area (Å²) in [5, 5.41) is 0.169. The number of morpholine rings is 1. The van der Waals surface area contributed by atoms with Crippen LogP contribution in [0.15, 0.2) is 43.0 Å². The molecule has 12 heteroatoms. The number of ether oxygens (including phenoxy) is 1. The van der Waals surface area contributed by atoms with Crippen LogP contribution in [0.25, 0.3) is 16.6 Å². The molecule has 2 atom stereocenters. The number of alkyl halides is 3. The Hall–Kier alpha value is -3.44. The van der Waals surface area contributed by atoms with Gasteiger partial charge < -0.3 is 15.4 Å². The van der Waals surface area contributed by atoms with Gasteiger partial charge in [-0.2, -0.15) is 13.2 Å². The molecule has 1 saturated heterocycles. The van der Waals surface area contributed by atoms with E-state index in [1.165, 1.54) is 11.0 Å². The number of nitrogen functional groups attached to an aromatic ring is 1. The van der Waals surface area contributed by atoms with E-state index in [0.717, 1.165) is 12.3 Å². The fraction of sp³-hybridized carbons (Fsp3) is 0.273. The van der Waals surface area contributed by atoms with Gasteiger partial charge >= 0.3 is 6.18 Å². The second-order valence-corrected chi connectivity index (χ2v) is 8.46. The lowest BCUT2D eigenvalue weighted by Crippen LogP contribution is -2.47. The van der Waals surface area contributed by atoms with Gasteiger partial charge in [-0.05, 0) is 31.2 Å². The van der Waals surface area contributed by atoms with Crippen molar-refractivity contribution >= 4 is 39.9 Å². The number of aromatic nitrogens is 4. The lowest BCUT2D eigenvalue weighted by Gasteiger charge is -2.38. The number of carbonyl (C=O) groups is 1. The van der Waals surface area contributed by atoms with E-state index in [9.17, 15) is 18.0 Å². The topological polar surface area (TPSA) is 98.6 Å². The zero-order valence-electron chi connectivity index (χ0n) is 17.8. The minimum Gasteiger partial charge on any atom is -0.382 e. The van der Waals surface area contributed by atoms with Gasteiger partial charge in [0.15, 0.2) is 0 Å². The summed E-state index contributed by atoms with van der Waals surface area (Å²) in [7, 11) is 0. The summed E-state index contributed by atoms with van der Waals surface area (Å²) >= 11 is 6.47. The third-order valence-corrected chi connectivity index (χ3v) is 6.09. The summed E-state index contributed by atoms with van der Waals surface area (Å²) in [4.78, 5) is 27.6. The lowest BCUT2D eigenvalue weighted by atomic mass is 10.1. The predicted molar refractivity (Wildman–Crippen MR) is 118 cm³/mol. The van der Waals surface area contributed by atoms with Crippen molar-refractivity contribution in [2.45, 2.75) is 25.2 Å². The maximum atomic E-state index is 13.7. The molecule has 4 heterocycles. The second kappa shape index (κ2) is 8.10. The number of halogens is 4. The molecule has 1 aliphatic rings. The van der Waals surface area contributed by atoms with Crippen LogP contribution in [0.3, 0.4) is 0 Å². The molecule has 1 aromatic carbocycles. The fourth-order valence-electron chi connectivity index (χ4n) is 4.06. The van der Waals surface area contributed by atoms with Gasteiger partial charge in [-0.3, -0.25) is 14.2 Å². The van der Waals surface area contributed by atoms with Gasteiger partial charge in [-0.25, -0.2) is 9.97 Å². The molecule has 5 rings (SSSR count). The van der Waals surface area contributed by atoms with E-state index in [0.29, 0.717) is 16.6 Å². The SMILES string of the molecule is C[C@H]1CN(C(=O)c2cc3c(cc2Cl)nc(N)c2cncn23)[C@@H](c2ccc(C(F)(F)F)cn2)CO1. The first-order chi connectivity index (χ1) is 16.1. The summed E-state index contributed by atoms with van der Waals surface area (Å²) in [5.41, 5.74) is 7.27. The number of amides is 1. The van der Waals surface area contributed by atoms with Crippen molar-refractivity contribution in [2.75, 3.05) is 18.9 Å². The molecular formula is C22H18ClF3N6O2. The van der Waals surface area contributed by atoms with Crippen LogP contribution in [0.5, 0.6) is 0 Å². The highest BCUT2D eigenvalue weighted by Gasteiger charge is 2.36. The Labute approximate surface area is 196 Å². The Morgan fingerprint density at radius 1 is 1.24 bits per heavy atom. The van der Waals surface area contributed by atoms with Gasteiger partial charge in [0.2, 0.25) is 0 Å². The standard InChI is InChI=1S/C22H18ClF3N6O2/c1-11-8-31(19(9-34-11)15-3-2-12(6-29-15)22(24,25)26)21(33)13-4-17-16(5-14(13)23)30-20(27)18-7-28-10-32(17)18/h2-7,10-11,19H,8-9H2,1H3,(H2,27,30)/t11-,19+/m0/s1. The number of rotatable bonds is 2. The number of imidazole rings is 1. The van der Waals surface area contributed by atoms with Crippen LogP contribution in [-0.4, -0.2) is 49.4 Å². The van der Waals surface area contributed by atoms with E-state index in [1.807, 2.05) is 0 Å². The molecule has 34 heavy (non-hydrogen) atoms. The molecule has 0 unspecified atom stereocenters. The predicted octanol–water partition coefficient (Wildman–Crippen LogP) is 4.13. The Bertz CT molecular complexity index is 1410.